The van der Waals surface area contributed by atoms with E-state index in [1.807, 2.05) is 0 Å². The SMILES string of the molecule is C[Si](C)(C)Oc1cc(Cl)cc(-c2cc(Cl)ccc2Cl)c1Cl. The highest BCUT2D eigenvalue weighted by Crippen LogP contribution is 2.42. The van der Waals surface area contributed by atoms with Gasteiger partial charge < -0.3 is 4.43 Å². The van der Waals surface area contributed by atoms with Gasteiger partial charge in [0, 0.05) is 26.2 Å². The lowest BCUT2D eigenvalue weighted by Gasteiger charge is -2.22. The second-order valence-corrected chi connectivity index (χ2v) is 11.7. The van der Waals surface area contributed by atoms with Crippen molar-refractivity contribution in [2.75, 3.05) is 0 Å². The van der Waals surface area contributed by atoms with Gasteiger partial charge in [-0.15, -0.1) is 0 Å². The standard InChI is InChI=1S/C15H14Cl4OSi/c1-21(2,3)20-14-8-10(17)7-12(15(14)19)11-6-9(16)4-5-13(11)18/h4-8H,1-3H3. The minimum Gasteiger partial charge on any atom is -0.543 e. The summed E-state index contributed by atoms with van der Waals surface area (Å²) in [6.45, 7) is 6.24. The summed E-state index contributed by atoms with van der Waals surface area (Å²) in [6, 6.07) is 8.71. The highest BCUT2D eigenvalue weighted by Gasteiger charge is 2.21. The average Bonchev–Trinajstić information content (AvgIpc) is 2.35. The number of hydrogen-bond donors (Lipinski definition) is 0. The van der Waals surface area contributed by atoms with E-state index in [1.54, 1.807) is 30.3 Å². The van der Waals surface area contributed by atoms with Gasteiger partial charge in [-0.05, 0) is 50.0 Å². The van der Waals surface area contributed by atoms with E-state index in [1.165, 1.54) is 0 Å². The van der Waals surface area contributed by atoms with Crippen molar-refractivity contribution in [1.82, 2.24) is 0 Å². The minimum atomic E-state index is -1.80. The second kappa shape index (κ2) is 6.39. The molecule has 0 fully saturated rings. The van der Waals surface area contributed by atoms with Crippen LogP contribution in [0.2, 0.25) is 39.7 Å². The fourth-order valence-corrected chi connectivity index (χ4v) is 3.60. The van der Waals surface area contributed by atoms with Crippen molar-refractivity contribution in [2.45, 2.75) is 19.6 Å². The van der Waals surface area contributed by atoms with Gasteiger partial charge in [0.1, 0.15) is 5.75 Å². The highest BCUT2D eigenvalue weighted by molar-refractivity contribution is 6.70. The zero-order valence-electron chi connectivity index (χ0n) is 11.8. The smallest absolute Gasteiger partial charge is 0.242 e. The summed E-state index contributed by atoms with van der Waals surface area (Å²) in [5.74, 6) is 0.578. The first-order valence-electron chi connectivity index (χ1n) is 6.31. The fourth-order valence-electron chi connectivity index (χ4n) is 1.87. The van der Waals surface area contributed by atoms with Crippen molar-refractivity contribution in [3.8, 4) is 16.9 Å². The summed E-state index contributed by atoms with van der Waals surface area (Å²) in [4.78, 5) is 0. The van der Waals surface area contributed by atoms with E-state index < -0.39 is 8.32 Å². The lowest BCUT2D eigenvalue weighted by atomic mass is 10.1. The summed E-state index contributed by atoms with van der Waals surface area (Å²) in [6.07, 6.45) is 0. The highest BCUT2D eigenvalue weighted by atomic mass is 35.5. The molecule has 0 heterocycles. The molecule has 0 spiro atoms. The molecular formula is C15H14Cl4OSi. The maximum atomic E-state index is 6.48. The van der Waals surface area contributed by atoms with Gasteiger partial charge in [0.15, 0.2) is 0 Å². The molecular weight excluding hydrogens is 366 g/mol. The predicted octanol–water partition coefficient (Wildman–Crippen LogP) is 7.18. The van der Waals surface area contributed by atoms with Gasteiger partial charge in [-0.1, -0.05) is 46.4 Å². The summed E-state index contributed by atoms with van der Waals surface area (Å²) in [5, 5.41) is 2.17. The Morgan fingerprint density at radius 3 is 2.05 bits per heavy atom. The van der Waals surface area contributed by atoms with Crippen LogP contribution in [0.1, 0.15) is 0 Å². The van der Waals surface area contributed by atoms with Crippen LogP contribution in [0.15, 0.2) is 30.3 Å². The topological polar surface area (TPSA) is 9.23 Å². The Morgan fingerprint density at radius 2 is 1.43 bits per heavy atom. The predicted molar refractivity (Wildman–Crippen MR) is 95.9 cm³/mol. The number of hydrogen-bond acceptors (Lipinski definition) is 1. The molecule has 6 heteroatoms. The monoisotopic (exact) mass is 378 g/mol. The quantitative estimate of drug-likeness (QED) is 0.513. The molecule has 0 unspecified atom stereocenters. The minimum absolute atomic E-state index is 0.492. The first kappa shape index (κ1) is 17.0. The Morgan fingerprint density at radius 1 is 0.810 bits per heavy atom. The van der Waals surface area contributed by atoms with Crippen LogP contribution in [0.5, 0.6) is 5.75 Å². The van der Waals surface area contributed by atoms with Crippen molar-refractivity contribution in [2.24, 2.45) is 0 Å². The van der Waals surface area contributed by atoms with Crippen LogP contribution in [0.4, 0.5) is 0 Å². The van der Waals surface area contributed by atoms with E-state index in [-0.39, 0.29) is 0 Å². The van der Waals surface area contributed by atoms with Crippen LogP contribution in [0.25, 0.3) is 11.1 Å². The Hall–Kier alpha value is -0.383. The number of halogens is 4. The Kier molecular flexibility index (Phi) is 5.17. The van der Waals surface area contributed by atoms with Gasteiger partial charge in [-0.25, -0.2) is 0 Å². The van der Waals surface area contributed by atoms with Crippen molar-refractivity contribution >= 4 is 54.7 Å². The zero-order valence-corrected chi connectivity index (χ0v) is 15.8. The summed E-state index contributed by atoms with van der Waals surface area (Å²) >= 11 is 25.0. The molecule has 21 heavy (non-hydrogen) atoms. The molecule has 0 amide bonds. The number of rotatable bonds is 3. The van der Waals surface area contributed by atoms with Crippen molar-refractivity contribution in [3.05, 3.63) is 50.4 Å². The van der Waals surface area contributed by atoms with E-state index in [2.05, 4.69) is 19.6 Å². The zero-order chi connectivity index (χ0) is 15.8. The van der Waals surface area contributed by atoms with E-state index in [0.717, 1.165) is 5.56 Å². The van der Waals surface area contributed by atoms with Crippen molar-refractivity contribution < 1.29 is 4.43 Å². The summed E-state index contributed by atoms with van der Waals surface area (Å²) in [7, 11) is -1.80. The fraction of sp³-hybridized carbons (Fsp3) is 0.200. The molecule has 0 saturated carbocycles. The molecule has 0 bridgehead atoms. The summed E-state index contributed by atoms with van der Waals surface area (Å²) < 4.78 is 5.99. The van der Waals surface area contributed by atoms with Gasteiger partial charge in [0.2, 0.25) is 8.32 Å². The Bertz CT molecular complexity index is 680. The lowest BCUT2D eigenvalue weighted by Crippen LogP contribution is -2.29. The molecule has 2 rings (SSSR count). The van der Waals surface area contributed by atoms with Crippen LogP contribution >= 0.6 is 46.4 Å². The van der Waals surface area contributed by atoms with Crippen LogP contribution in [-0.2, 0) is 0 Å². The molecule has 0 saturated heterocycles. The van der Waals surface area contributed by atoms with Gasteiger partial charge in [0.05, 0.1) is 5.02 Å². The molecule has 1 nitrogen and oxygen atoms in total. The van der Waals surface area contributed by atoms with E-state index in [0.29, 0.717) is 31.4 Å². The maximum absolute atomic E-state index is 6.48. The van der Waals surface area contributed by atoms with Gasteiger partial charge >= 0.3 is 0 Å². The van der Waals surface area contributed by atoms with Crippen LogP contribution in [0, 0.1) is 0 Å². The molecule has 0 aliphatic carbocycles. The maximum Gasteiger partial charge on any atom is 0.242 e. The largest absolute Gasteiger partial charge is 0.543 e. The third-order valence-electron chi connectivity index (χ3n) is 2.64. The Labute approximate surface area is 145 Å². The third kappa shape index (κ3) is 4.30. The van der Waals surface area contributed by atoms with E-state index in [4.69, 9.17) is 50.8 Å². The Balaban J connectivity index is 2.62. The molecule has 0 aromatic heterocycles. The van der Waals surface area contributed by atoms with Crippen molar-refractivity contribution in [3.63, 3.8) is 0 Å². The molecule has 112 valence electrons. The van der Waals surface area contributed by atoms with Crippen LogP contribution in [-0.4, -0.2) is 8.32 Å². The first-order chi connectivity index (χ1) is 9.67. The van der Waals surface area contributed by atoms with Gasteiger partial charge in [-0.3, -0.25) is 0 Å². The molecule has 0 N–H and O–H groups in total. The third-order valence-corrected chi connectivity index (χ3v) is 4.64. The molecule has 2 aromatic carbocycles. The van der Waals surface area contributed by atoms with Crippen LogP contribution in [0.3, 0.4) is 0 Å². The average molecular weight is 380 g/mol. The van der Waals surface area contributed by atoms with Crippen molar-refractivity contribution in [1.29, 1.82) is 0 Å². The molecule has 0 radical (unpaired) electrons. The molecule has 0 atom stereocenters. The normalized spacial score (nSPS) is 11.6. The molecule has 0 aliphatic heterocycles. The number of benzene rings is 2. The van der Waals surface area contributed by atoms with E-state index in [9.17, 15) is 0 Å². The first-order valence-corrected chi connectivity index (χ1v) is 11.2. The van der Waals surface area contributed by atoms with Crippen LogP contribution < -0.4 is 4.43 Å². The van der Waals surface area contributed by atoms with Gasteiger partial charge in [-0.2, -0.15) is 0 Å². The second-order valence-electron chi connectivity index (χ2n) is 5.60. The molecule has 2 aromatic rings. The van der Waals surface area contributed by atoms with Gasteiger partial charge in [0.25, 0.3) is 0 Å². The summed E-state index contributed by atoms with van der Waals surface area (Å²) in [5.41, 5.74) is 1.45. The van der Waals surface area contributed by atoms with E-state index >= 15 is 0 Å². The molecule has 0 aliphatic rings. The lowest BCUT2D eigenvalue weighted by molar-refractivity contribution is 0.558.